The number of hydrogen-bond acceptors (Lipinski definition) is 7. The van der Waals surface area contributed by atoms with Crippen LogP contribution < -0.4 is 27.4 Å². The molecule has 0 saturated carbocycles. The van der Waals surface area contributed by atoms with Crippen LogP contribution in [0.4, 0.5) is 0 Å². The summed E-state index contributed by atoms with van der Waals surface area (Å²) < 4.78 is 0. The Bertz CT molecular complexity index is 727. The maximum absolute atomic E-state index is 12.7. The number of amides is 4. The van der Waals surface area contributed by atoms with E-state index < -0.39 is 78.5 Å². The highest BCUT2D eigenvalue weighted by Crippen LogP contribution is 2.10. The Balaban J connectivity index is 5.50. The van der Waals surface area contributed by atoms with Crippen molar-refractivity contribution in [1.82, 2.24) is 16.0 Å². The average molecular weight is 460 g/mol. The fraction of sp³-hybridized carbons (Fsp3) is 0.684. The first-order chi connectivity index (χ1) is 14.7. The zero-order valence-corrected chi connectivity index (χ0v) is 18.6. The van der Waals surface area contributed by atoms with E-state index in [2.05, 4.69) is 16.0 Å². The molecular weight excluding hydrogens is 426 g/mol. The number of aliphatic carboxylic acids is 2. The van der Waals surface area contributed by atoms with E-state index in [1.54, 1.807) is 27.7 Å². The lowest BCUT2D eigenvalue weighted by Crippen LogP contribution is -2.59. The van der Waals surface area contributed by atoms with Gasteiger partial charge in [-0.2, -0.15) is 0 Å². The van der Waals surface area contributed by atoms with Gasteiger partial charge in [-0.05, 0) is 11.8 Å². The first-order valence-electron chi connectivity index (χ1n) is 10.1. The van der Waals surface area contributed by atoms with Gasteiger partial charge in [0.05, 0.1) is 18.9 Å². The normalized spacial score (nSPS) is 15.6. The average Bonchev–Trinajstić information content (AvgIpc) is 2.67. The van der Waals surface area contributed by atoms with E-state index in [9.17, 15) is 33.9 Å². The third kappa shape index (κ3) is 9.73. The first-order valence-corrected chi connectivity index (χ1v) is 10.1. The third-order valence-electron chi connectivity index (χ3n) is 4.79. The molecule has 0 fully saturated rings. The van der Waals surface area contributed by atoms with Gasteiger partial charge in [0.1, 0.15) is 18.1 Å². The second-order valence-electron chi connectivity index (χ2n) is 7.88. The van der Waals surface area contributed by atoms with Crippen molar-refractivity contribution in [1.29, 1.82) is 0 Å². The Hall–Kier alpha value is -3.22. The van der Waals surface area contributed by atoms with Gasteiger partial charge in [0.2, 0.25) is 23.6 Å². The molecule has 0 saturated heterocycles. The smallest absolute Gasteiger partial charge is 0.326 e. The van der Waals surface area contributed by atoms with Crippen molar-refractivity contribution >= 4 is 35.6 Å². The molecule has 4 amide bonds. The predicted molar refractivity (Wildman–Crippen MR) is 112 cm³/mol. The number of primary amides is 1. The Labute approximate surface area is 185 Å². The molecular formula is C19H33N5O8. The van der Waals surface area contributed by atoms with Crippen molar-refractivity contribution in [2.75, 3.05) is 0 Å². The molecule has 0 aromatic rings. The van der Waals surface area contributed by atoms with Crippen LogP contribution in [0.25, 0.3) is 0 Å². The van der Waals surface area contributed by atoms with Crippen LogP contribution in [0.2, 0.25) is 0 Å². The largest absolute Gasteiger partial charge is 0.481 e. The van der Waals surface area contributed by atoms with Gasteiger partial charge >= 0.3 is 11.9 Å². The van der Waals surface area contributed by atoms with E-state index in [4.69, 9.17) is 16.6 Å². The van der Waals surface area contributed by atoms with Gasteiger partial charge in [-0.1, -0.05) is 34.1 Å². The van der Waals surface area contributed by atoms with Crippen molar-refractivity contribution in [2.24, 2.45) is 23.3 Å². The number of carboxylic acids is 2. The first kappa shape index (κ1) is 28.8. The second kappa shape index (κ2) is 13.2. The number of nitrogens with one attached hydrogen (secondary N) is 3. The number of hydrogen-bond donors (Lipinski definition) is 7. The van der Waals surface area contributed by atoms with Crippen LogP contribution in [0.15, 0.2) is 0 Å². The molecule has 0 radical (unpaired) electrons. The SMILES string of the molecule is CCC(C)C(NC(=O)C(NC(=O)C(CC(=O)O)NC(=O)C(N)CC(N)=O)C(C)C)C(=O)O. The van der Waals surface area contributed by atoms with E-state index in [-0.39, 0.29) is 5.92 Å². The Morgan fingerprint density at radius 1 is 0.812 bits per heavy atom. The van der Waals surface area contributed by atoms with Gasteiger partial charge in [0.15, 0.2) is 0 Å². The minimum Gasteiger partial charge on any atom is -0.481 e. The van der Waals surface area contributed by atoms with E-state index >= 15 is 0 Å². The van der Waals surface area contributed by atoms with Crippen LogP contribution in [-0.4, -0.2) is 69.9 Å². The van der Waals surface area contributed by atoms with Crippen molar-refractivity contribution in [3.05, 3.63) is 0 Å². The quantitative estimate of drug-likeness (QED) is 0.151. The fourth-order valence-corrected chi connectivity index (χ4v) is 2.69. The Kier molecular flexibility index (Phi) is 11.9. The van der Waals surface area contributed by atoms with Crippen LogP contribution in [0, 0.1) is 11.8 Å². The van der Waals surface area contributed by atoms with E-state index in [0.29, 0.717) is 6.42 Å². The summed E-state index contributed by atoms with van der Waals surface area (Å²) in [5, 5.41) is 25.3. The van der Waals surface area contributed by atoms with E-state index in [1.807, 2.05) is 0 Å². The molecule has 0 aromatic heterocycles. The molecule has 0 aliphatic carbocycles. The predicted octanol–water partition coefficient (Wildman–Crippen LogP) is -2.10. The zero-order chi connectivity index (χ0) is 25.2. The summed E-state index contributed by atoms with van der Waals surface area (Å²) in [5.41, 5.74) is 10.5. The number of nitrogens with two attached hydrogens (primary N) is 2. The molecule has 13 heteroatoms. The molecule has 0 rings (SSSR count). The summed E-state index contributed by atoms with van der Waals surface area (Å²) in [6, 6.07) is -5.39. The summed E-state index contributed by atoms with van der Waals surface area (Å²) in [7, 11) is 0. The molecule has 9 N–H and O–H groups in total. The van der Waals surface area contributed by atoms with Gasteiger partial charge in [-0.3, -0.25) is 24.0 Å². The number of carboxylic acid groups (broad SMARTS) is 2. The van der Waals surface area contributed by atoms with Crippen molar-refractivity contribution in [3.8, 4) is 0 Å². The van der Waals surface area contributed by atoms with Crippen molar-refractivity contribution in [3.63, 3.8) is 0 Å². The molecule has 5 atom stereocenters. The lowest BCUT2D eigenvalue weighted by atomic mass is 9.97. The van der Waals surface area contributed by atoms with Gasteiger partial charge in [-0.25, -0.2) is 4.79 Å². The van der Waals surface area contributed by atoms with E-state index in [1.165, 1.54) is 0 Å². The van der Waals surface area contributed by atoms with Crippen LogP contribution in [0.3, 0.4) is 0 Å². The zero-order valence-electron chi connectivity index (χ0n) is 18.6. The van der Waals surface area contributed by atoms with Crippen LogP contribution >= 0.6 is 0 Å². The third-order valence-corrected chi connectivity index (χ3v) is 4.79. The summed E-state index contributed by atoms with van der Waals surface area (Å²) in [6.45, 7) is 6.60. The number of rotatable bonds is 14. The maximum atomic E-state index is 12.7. The summed E-state index contributed by atoms with van der Waals surface area (Å²) in [6.07, 6.45) is -0.859. The fourth-order valence-electron chi connectivity index (χ4n) is 2.69. The highest BCUT2D eigenvalue weighted by atomic mass is 16.4. The minimum atomic E-state index is -1.60. The molecule has 0 aliphatic rings. The Morgan fingerprint density at radius 3 is 1.75 bits per heavy atom. The summed E-state index contributed by atoms with van der Waals surface area (Å²) in [4.78, 5) is 71.0. The topological polar surface area (TPSA) is 231 Å². The molecule has 13 nitrogen and oxygen atoms in total. The summed E-state index contributed by atoms with van der Waals surface area (Å²) >= 11 is 0. The maximum Gasteiger partial charge on any atom is 0.326 e. The van der Waals surface area contributed by atoms with Crippen molar-refractivity contribution < 1.29 is 39.0 Å². The monoisotopic (exact) mass is 459 g/mol. The van der Waals surface area contributed by atoms with E-state index in [0.717, 1.165) is 0 Å². The molecule has 0 spiro atoms. The van der Waals surface area contributed by atoms with Gasteiger partial charge < -0.3 is 37.6 Å². The Morgan fingerprint density at radius 2 is 1.34 bits per heavy atom. The minimum absolute atomic E-state index is 0.384. The lowest BCUT2D eigenvalue weighted by Gasteiger charge is -2.28. The van der Waals surface area contributed by atoms with Gasteiger partial charge in [0.25, 0.3) is 0 Å². The molecule has 0 aliphatic heterocycles. The molecule has 182 valence electrons. The molecule has 0 bridgehead atoms. The summed E-state index contributed by atoms with van der Waals surface area (Å²) in [5.74, 6) is -7.13. The lowest BCUT2D eigenvalue weighted by molar-refractivity contribution is -0.144. The van der Waals surface area contributed by atoms with Crippen LogP contribution in [-0.2, 0) is 28.8 Å². The van der Waals surface area contributed by atoms with Gasteiger partial charge in [-0.15, -0.1) is 0 Å². The van der Waals surface area contributed by atoms with Gasteiger partial charge in [0, 0.05) is 0 Å². The van der Waals surface area contributed by atoms with Crippen LogP contribution in [0.1, 0.15) is 47.0 Å². The molecule has 0 heterocycles. The molecule has 0 aromatic carbocycles. The number of carbonyl (C=O) groups is 6. The number of carbonyl (C=O) groups excluding carboxylic acids is 4. The standard InChI is InChI=1S/C19H33N5O8/c1-5-9(4)15(19(31)32)24-18(30)14(8(2)3)23-17(29)11(7-13(26)27)22-16(28)10(20)6-12(21)25/h8-11,14-15H,5-7,20H2,1-4H3,(H2,21,25)(H,22,28)(H,23,29)(H,24,30)(H,26,27)(H,31,32). The molecule has 5 unspecified atom stereocenters. The molecule has 32 heavy (non-hydrogen) atoms. The second-order valence-corrected chi connectivity index (χ2v) is 7.88. The van der Waals surface area contributed by atoms with Crippen molar-refractivity contribution in [2.45, 2.75) is 71.1 Å². The van der Waals surface area contributed by atoms with Crippen LogP contribution in [0.5, 0.6) is 0 Å². The highest BCUT2D eigenvalue weighted by molar-refractivity contribution is 5.96. The highest BCUT2D eigenvalue weighted by Gasteiger charge is 2.34.